The van der Waals surface area contributed by atoms with Crippen LogP contribution in [0.3, 0.4) is 0 Å². The Kier molecular flexibility index (Phi) is 5.18. The molecule has 3 N–H and O–H groups in total. The molecular weight excluding hydrogens is 324 g/mol. The van der Waals surface area contributed by atoms with Crippen LogP contribution in [0.5, 0.6) is 5.75 Å². The molecule has 2 aromatic rings. The van der Waals surface area contributed by atoms with Crippen LogP contribution >= 0.6 is 0 Å². The number of benzene rings is 1. The van der Waals surface area contributed by atoms with Crippen LogP contribution in [0.1, 0.15) is 23.3 Å². The van der Waals surface area contributed by atoms with E-state index in [-0.39, 0.29) is 18.4 Å². The maximum Gasteiger partial charge on any atom is 0.290 e. The van der Waals surface area contributed by atoms with Gasteiger partial charge in [0.2, 0.25) is 0 Å². The van der Waals surface area contributed by atoms with E-state index < -0.39 is 0 Å². The van der Waals surface area contributed by atoms with Gasteiger partial charge in [-0.3, -0.25) is 14.7 Å². The zero-order valence-corrected chi connectivity index (χ0v) is 14.1. The van der Waals surface area contributed by atoms with Gasteiger partial charge in [-0.15, -0.1) is 0 Å². The predicted octanol–water partition coefficient (Wildman–Crippen LogP) is 1.10. The Bertz CT molecular complexity index is 752. The van der Waals surface area contributed by atoms with Crippen molar-refractivity contribution in [1.29, 1.82) is 0 Å². The molecule has 3 fully saturated rings. The molecule has 2 bridgehead atoms. The van der Waals surface area contributed by atoms with Crippen molar-refractivity contribution >= 4 is 23.3 Å². The molecule has 4 heterocycles. The van der Waals surface area contributed by atoms with E-state index in [1.807, 2.05) is 18.2 Å². The second kappa shape index (κ2) is 7.52. The van der Waals surface area contributed by atoms with Crippen molar-refractivity contribution < 1.29 is 19.4 Å². The van der Waals surface area contributed by atoms with Crippen LogP contribution in [0.15, 0.2) is 18.2 Å². The molecule has 1 aromatic heterocycles. The smallest absolute Gasteiger partial charge is 0.290 e. The number of nitrogens with zero attached hydrogens (tertiary/aromatic N) is 2. The minimum Gasteiger partial charge on any atom is -0.494 e. The summed E-state index contributed by atoms with van der Waals surface area (Å²) in [6.07, 6.45) is 2.36. The lowest BCUT2D eigenvalue weighted by Gasteiger charge is -2.44. The summed E-state index contributed by atoms with van der Waals surface area (Å²) < 4.78 is 5.30. The number of ether oxygens (including phenoxy) is 1. The first kappa shape index (κ1) is 17.2. The molecule has 1 aromatic carbocycles. The number of fused-ring (bicyclic) bond motifs is 4. The number of H-pyrrole nitrogens is 1. The number of aromatic nitrogens is 2. The molecule has 0 aliphatic carbocycles. The fourth-order valence-electron chi connectivity index (χ4n) is 3.72. The Hall–Kier alpha value is -2.61. The highest BCUT2D eigenvalue weighted by atomic mass is 16.5. The van der Waals surface area contributed by atoms with Crippen LogP contribution in [0.25, 0.3) is 10.9 Å². The van der Waals surface area contributed by atoms with Crippen LogP contribution in [0.2, 0.25) is 0 Å². The highest BCUT2D eigenvalue weighted by molar-refractivity contribution is 6.06. The van der Waals surface area contributed by atoms with Crippen LogP contribution in [-0.2, 0) is 4.79 Å². The average Bonchev–Trinajstić information content (AvgIpc) is 3.07. The van der Waals surface area contributed by atoms with Crippen LogP contribution < -0.4 is 10.1 Å². The molecule has 3 aliphatic heterocycles. The lowest BCUT2D eigenvalue weighted by Crippen LogP contribution is -2.57. The number of para-hydroxylation sites is 1. The van der Waals surface area contributed by atoms with E-state index in [1.165, 1.54) is 25.9 Å². The molecule has 0 radical (unpaired) electrons. The maximum atomic E-state index is 12.6. The summed E-state index contributed by atoms with van der Waals surface area (Å²) in [4.78, 5) is 23.4. The van der Waals surface area contributed by atoms with Gasteiger partial charge in [-0.25, -0.2) is 0 Å². The zero-order valence-electron chi connectivity index (χ0n) is 14.1. The molecule has 5 rings (SSSR count). The van der Waals surface area contributed by atoms with E-state index in [9.17, 15) is 4.79 Å². The molecule has 0 saturated carbocycles. The second-order valence-electron chi connectivity index (χ2n) is 6.28. The molecule has 1 atom stereocenters. The number of carboxylic acid groups (broad SMARTS) is 1. The van der Waals surface area contributed by atoms with Crippen molar-refractivity contribution in [3.8, 4) is 5.75 Å². The van der Waals surface area contributed by atoms with Gasteiger partial charge >= 0.3 is 0 Å². The summed E-state index contributed by atoms with van der Waals surface area (Å²) in [6.45, 7) is 3.04. The number of carbonyl (C=O) groups is 2. The Labute approximate surface area is 145 Å². The lowest BCUT2D eigenvalue weighted by atomic mass is 9.84. The van der Waals surface area contributed by atoms with Crippen molar-refractivity contribution in [3.05, 3.63) is 23.9 Å². The second-order valence-corrected chi connectivity index (χ2v) is 6.28. The number of nitrogens with one attached hydrogen (secondary N) is 2. The van der Waals surface area contributed by atoms with Crippen molar-refractivity contribution in [2.45, 2.75) is 18.9 Å². The molecule has 8 nitrogen and oxygen atoms in total. The van der Waals surface area contributed by atoms with E-state index in [2.05, 4.69) is 20.4 Å². The number of carbonyl (C=O) groups excluding carboxylic acids is 1. The highest BCUT2D eigenvalue weighted by Crippen LogP contribution is 2.29. The van der Waals surface area contributed by atoms with Gasteiger partial charge in [0.1, 0.15) is 11.3 Å². The first-order chi connectivity index (χ1) is 12.2. The largest absolute Gasteiger partial charge is 0.494 e. The van der Waals surface area contributed by atoms with Crippen molar-refractivity contribution in [2.24, 2.45) is 5.92 Å². The van der Waals surface area contributed by atoms with Gasteiger partial charge in [0, 0.05) is 18.0 Å². The highest BCUT2D eigenvalue weighted by Gasteiger charge is 2.35. The Balaban J connectivity index is 0.000000569. The summed E-state index contributed by atoms with van der Waals surface area (Å²) in [5, 5.41) is 18.0. The van der Waals surface area contributed by atoms with E-state index in [4.69, 9.17) is 14.6 Å². The third kappa shape index (κ3) is 3.43. The molecule has 0 unspecified atom stereocenters. The van der Waals surface area contributed by atoms with Gasteiger partial charge in [-0.05, 0) is 37.9 Å². The van der Waals surface area contributed by atoms with Crippen molar-refractivity contribution in [1.82, 2.24) is 20.4 Å². The summed E-state index contributed by atoms with van der Waals surface area (Å²) in [5.74, 6) is 1.21. The van der Waals surface area contributed by atoms with Gasteiger partial charge in [-0.2, -0.15) is 5.10 Å². The van der Waals surface area contributed by atoms with E-state index in [0.29, 0.717) is 17.4 Å². The fourth-order valence-corrected chi connectivity index (χ4v) is 3.72. The molecule has 3 aliphatic rings. The fraction of sp³-hybridized carbons (Fsp3) is 0.471. The van der Waals surface area contributed by atoms with E-state index >= 15 is 0 Å². The van der Waals surface area contributed by atoms with Crippen LogP contribution in [0, 0.1) is 5.92 Å². The number of amides is 1. The van der Waals surface area contributed by atoms with Crippen LogP contribution in [0.4, 0.5) is 0 Å². The first-order valence-electron chi connectivity index (χ1n) is 8.30. The van der Waals surface area contributed by atoms with Gasteiger partial charge in [0.15, 0.2) is 5.69 Å². The molecule has 0 spiro atoms. The Morgan fingerprint density at radius 2 is 2.16 bits per heavy atom. The van der Waals surface area contributed by atoms with Gasteiger partial charge in [0.25, 0.3) is 12.4 Å². The maximum absolute atomic E-state index is 12.6. The van der Waals surface area contributed by atoms with E-state index in [0.717, 1.165) is 17.4 Å². The topological polar surface area (TPSA) is 108 Å². The van der Waals surface area contributed by atoms with Gasteiger partial charge in [-0.1, -0.05) is 12.1 Å². The van der Waals surface area contributed by atoms with Crippen molar-refractivity contribution in [2.75, 3.05) is 26.7 Å². The lowest BCUT2D eigenvalue weighted by molar-refractivity contribution is -0.122. The zero-order chi connectivity index (χ0) is 17.8. The van der Waals surface area contributed by atoms with E-state index in [1.54, 1.807) is 7.11 Å². The summed E-state index contributed by atoms with van der Waals surface area (Å²) >= 11 is 0. The minimum absolute atomic E-state index is 0.0988. The molecule has 3 saturated heterocycles. The quantitative estimate of drug-likeness (QED) is 0.718. The summed E-state index contributed by atoms with van der Waals surface area (Å²) in [6, 6.07) is 5.87. The first-order valence-corrected chi connectivity index (χ1v) is 8.30. The molecule has 1 amide bonds. The van der Waals surface area contributed by atoms with Crippen LogP contribution in [-0.4, -0.2) is 65.4 Å². The van der Waals surface area contributed by atoms with Gasteiger partial charge in [0.05, 0.1) is 7.11 Å². The Morgan fingerprint density at radius 3 is 2.76 bits per heavy atom. The SMILES string of the molecule is COc1cccc2c(C(=O)N[C@@H]3CN4CCC3CC4)n[nH]c12.O=CO. The molecular formula is C17H22N4O4. The number of rotatable bonds is 3. The number of piperidine rings is 3. The number of hydrogen-bond acceptors (Lipinski definition) is 5. The normalized spacial score (nSPS) is 24.3. The number of methoxy groups -OCH3 is 1. The average molecular weight is 346 g/mol. The van der Waals surface area contributed by atoms with Crippen molar-refractivity contribution in [3.63, 3.8) is 0 Å². The number of aromatic amines is 1. The predicted molar refractivity (Wildman–Crippen MR) is 91.8 cm³/mol. The Morgan fingerprint density at radius 1 is 1.44 bits per heavy atom. The number of hydrogen-bond donors (Lipinski definition) is 3. The molecule has 8 heteroatoms. The third-order valence-electron chi connectivity index (χ3n) is 4.97. The molecule has 134 valence electrons. The third-order valence-corrected chi connectivity index (χ3v) is 4.97. The molecule has 25 heavy (non-hydrogen) atoms. The summed E-state index contributed by atoms with van der Waals surface area (Å²) in [5.41, 5.74) is 1.22. The monoisotopic (exact) mass is 346 g/mol. The minimum atomic E-state index is -0.250. The standard InChI is InChI=1S/C16H20N4O2.CH2O2/c1-22-13-4-2-3-11-14(13)18-19-15(11)16(21)17-12-9-20-7-5-10(12)6-8-20;2-1-3/h2-4,10,12H,5-9H2,1H3,(H,17,21)(H,18,19);1H,(H,2,3)/t12-;/m1./s1. The summed E-state index contributed by atoms with van der Waals surface area (Å²) in [7, 11) is 1.61. The van der Waals surface area contributed by atoms with Gasteiger partial charge < -0.3 is 20.1 Å².